The zero-order valence-electron chi connectivity index (χ0n) is 8.79. The molecule has 3 nitrogen and oxygen atoms in total. The van der Waals surface area contributed by atoms with E-state index < -0.39 is 35.0 Å². The van der Waals surface area contributed by atoms with Crippen LogP contribution in [0.15, 0.2) is 12.1 Å². The molecule has 92 valence electrons. The molecule has 1 atom stereocenters. The Bertz CT molecular complexity index is 464. The molecule has 0 spiro atoms. The molecule has 1 heterocycles. The average molecular weight is 245 g/mol. The molecule has 17 heavy (non-hydrogen) atoms. The Hall–Kier alpha value is -1.56. The summed E-state index contributed by atoms with van der Waals surface area (Å²) in [4.78, 5) is 13.0. The molecule has 1 fully saturated rings. The van der Waals surface area contributed by atoms with Crippen molar-refractivity contribution in [2.75, 3.05) is 13.1 Å². The predicted molar refractivity (Wildman–Crippen MR) is 52.8 cm³/mol. The van der Waals surface area contributed by atoms with Crippen LogP contribution in [0.3, 0.4) is 0 Å². The minimum Gasteiger partial charge on any atom is -0.391 e. The predicted octanol–water partition coefficient (Wildman–Crippen LogP) is 1.31. The molecule has 1 aromatic carbocycles. The number of carbonyl (C=O) groups excluding carboxylic acids is 1. The fourth-order valence-corrected chi connectivity index (χ4v) is 1.79. The largest absolute Gasteiger partial charge is 0.391 e. The van der Waals surface area contributed by atoms with E-state index in [2.05, 4.69) is 0 Å². The lowest BCUT2D eigenvalue weighted by Crippen LogP contribution is -2.30. The number of β-amino-alcohol motifs (C(OH)–C–C–N with tert-alkyl or cyclic N) is 1. The van der Waals surface area contributed by atoms with Gasteiger partial charge in [-0.3, -0.25) is 4.79 Å². The van der Waals surface area contributed by atoms with Crippen LogP contribution in [0.5, 0.6) is 0 Å². The highest BCUT2D eigenvalue weighted by molar-refractivity contribution is 5.94. The number of carbonyl (C=O) groups is 1. The first-order valence-electron chi connectivity index (χ1n) is 5.11. The van der Waals surface area contributed by atoms with E-state index in [1.165, 1.54) is 4.90 Å². The summed E-state index contributed by atoms with van der Waals surface area (Å²) < 4.78 is 39.0. The third kappa shape index (κ3) is 2.12. The maximum Gasteiger partial charge on any atom is 0.257 e. The topological polar surface area (TPSA) is 40.5 Å². The Balaban J connectivity index is 2.29. The van der Waals surface area contributed by atoms with Crippen molar-refractivity contribution in [1.82, 2.24) is 4.90 Å². The normalized spacial score (nSPS) is 19.8. The summed E-state index contributed by atoms with van der Waals surface area (Å²) in [5, 5.41) is 9.24. The summed E-state index contributed by atoms with van der Waals surface area (Å²) in [5.74, 6) is -5.22. The Kier molecular flexibility index (Phi) is 3.06. The summed E-state index contributed by atoms with van der Waals surface area (Å²) in [7, 11) is 0. The summed E-state index contributed by atoms with van der Waals surface area (Å²) >= 11 is 0. The lowest BCUT2D eigenvalue weighted by atomic mass is 10.1. The minimum absolute atomic E-state index is 0.0806. The molecule has 0 aromatic heterocycles. The molecule has 1 N–H and O–H groups in total. The Morgan fingerprint density at radius 2 is 2.00 bits per heavy atom. The lowest BCUT2D eigenvalue weighted by Gasteiger charge is -2.16. The molecule has 1 aromatic rings. The van der Waals surface area contributed by atoms with E-state index in [9.17, 15) is 23.1 Å². The second kappa shape index (κ2) is 4.37. The summed E-state index contributed by atoms with van der Waals surface area (Å²) in [6.07, 6.45) is -0.246. The highest BCUT2D eigenvalue weighted by Crippen LogP contribution is 2.19. The van der Waals surface area contributed by atoms with Crippen molar-refractivity contribution in [3.8, 4) is 0 Å². The quantitative estimate of drug-likeness (QED) is 0.758. The van der Waals surface area contributed by atoms with Crippen LogP contribution >= 0.6 is 0 Å². The van der Waals surface area contributed by atoms with Gasteiger partial charge in [-0.05, 0) is 18.6 Å². The molecule has 0 bridgehead atoms. The van der Waals surface area contributed by atoms with Crippen molar-refractivity contribution in [2.45, 2.75) is 12.5 Å². The number of aliphatic hydroxyl groups excluding tert-OH is 1. The van der Waals surface area contributed by atoms with E-state index in [4.69, 9.17) is 0 Å². The maximum absolute atomic E-state index is 13.3. The smallest absolute Gasteiger partial charge is 0.257 e. The van der Waals surface area contributed by atoms with Crippen LogP contribution in [0.1, 0.15) is 16.8 Å². The number of amides is 1. The standard InChI is InChI=1S/C11H10F3NO2/c12-8-2-1-7(9(13)10(8)14)11(17)15-4-3-6(16)5-15/h1-2,6,16H,3-5H2. The summed E-state index contributed by atoms with van der Waals surface area (Å²) in [5.41, 5.74) is -0.516. The number of benzene rings is 1. The van der Waals surface area contributed by atoms with Gasteiger partial charge in [-0.25, -0.2) is 13.2 Å². The van der Waals surface area contributed by atoms with Gasteiger partial charge >= 0.3 is 0 Å². The van der Waals surface area contributed by atoms with E-state index >= 15 is 0 Å². The molecule has 6 heteroatoms. The Morgan fingerprint density at radius 1 is 1.29 bits per heavy atom. The van der Waals surface area contributed by atoms with Gasteiger partial charge in [-0.15, -0.1) is 0 Å². The summed E-state index contributed by atoms with van der Waals surface area (Å²) in [6.45, 7) is 0.357. The highest BCUT2D eigenvalue weighted by atomic mass is 19.2. The van der Waals surface area contributed by atoms with Crippen molar-refractivity contribution in [1.29, 1.82) is 0 Å². The van der Waals surface area contributed by atoms with E-state index in [-0.39, 0.29) is 13.1 Å². The molecule has 1 saturated heterocycles. The monoisotopic (exact) mass is 245 g/mol. The van der Waals surface area contributed by atoms with Crippen LogP contribution in [0.2, 0.25) is 0 Å². The van der Waals surface area contributed by atoms with Gasteiger partial charge in [0.15, 0.2) is 17.5 Å². The zero-order valence-corrected chi connectivity index (χ0v) is 8.79. The Morgan fingerprint density at radius 3 is 2.59 bits per heavy atom. The molecule has 0 saturated carbocycles. The lowest BCUT2D eigenvalue weighted by molar-refractivity contribution is 0.0759. The molecular weight excluding hydrogens is 235 g/mol. The van der Waals surface area contributed by atoms with Crippen LogP contribution in [-0.4, -0.2) is 35.1 Å². The minimum atomic E-state index is -1.66. The summed E-state index contributed by atoms with van der Waals surface area (Å²) in [6, 6.07) is 1.61. The third-order valence-corrected chi connectivity index (χ3v) is 2.72. The van der Waals surface area contributed by atoms with Crippen LogP contribution in [-0.2, 0) is 0 Å². The number of likely N-dealkylation sites (tertiary alicyclic amines) is 1. The number of aliphatic hydroxyl groups is 1. The molecule has 1 amide bonds. The van der Waals surface area contributed by atoms with Crippen LogP contribution in [0.25, 0.3) is 0 Å². The highest BCUT2D eigenvalue weighted by Gasteiger charge is 2.28. The first-order valence-corrected chi connectivity index (χ1v) is 5.11. The first-order chi connectivity index (χ1) is 8.00. The van der Waals surface area contributed by atoms with E-state index in [1.54, 1.807) is 0 Å². The maximum atomic E-state index is 13.3. The van der Waals surface area contributed by atoms with Crippen molar-refractivity contribution in [2.24, 2.45) is 0 Å². The van der Waals surface area contributed by atoms with E-state index in [1.807, 2.05) is 0 Å². The number of halogens is 3. The number of rotatable bonds is 1. The second-order valence-corrected chi connectivity index (χ2v) is 3.92. The molecule has 2 rings (SSSR count). The third-order valence-electron chi connectivity index (χ3n) is 2.72. The van der Waals surface area contributed by atoms with Gasteiger partial charge in [0.1, 0.15) is 0 Å². The molecular formula is C11H10F3NO2. The molecule has 1 aliphatic heterocycles. The number of hydrogen-bond donors (Lipinski definition) is 1. The average Bonchev–Trinajstić information content (AvgIpc) is 2.72. The van der Waals surface area contributed by atoms with Gasteiger partial charge < -0.3 is 10.0 Å². The van der Waals surface area contributed by atoms with Crippen molar-refractivity contribution in [3.05, 3.63) is 35.1 Å². The fraction of sp³-hybridized carbons (Fsp3) is 0.364. The van der Waals surface area contributed by atoms with Gasteiger partial charge in [-0.1, -0.05) is 0 Å². The van der Waals surface area contributed by atoms with Crippen molar-refractivity contribution in [3.63, 3.8) is 0 Å². The Labute approximate surface area is 95.5 Å². The fourth-order valence-electron chi connectivity index (χ4n) is 1.79. The van der Waals surface area contributed by atoms with E-state index in [0.29, 0.717) is 12.5 Å². The first kappa shape index (κ1) is 11.9. The SMILES string of the molecule is O=C(c1ccc(F)c(F)c1F)N1CCC(O)C1. The van der Waals surface area contributed by atoms with Crippen LogP contribution in [0, 0.1) is 17.5 Å². The molecule has 0 radical (unpaired) electrons. The molecule has 1 aliphatic rings. The second-order valence-electron chi connectivity index (χ2n) is 3.92. The zero-order chi connectivity index (χ0) is 12.6. The van der Waals surface area contributed by atoms with Crippen molar-refractivity contribution < 1.29 is 23.1 Å². The van der Waals surface area contributed by atoms with Crippen LogP contribution in [0.4, 0.5) is 13.2 Å². The number of hydrogen-bond acceptors (Lipinski definition) is 2. The van der Waals surface area contributed by atoms with Gasteiger partial charge in [0.05, 0.1) is 11.7 Å². The van der Waals surface area contributed by atoms with Gasteiger partial charge in [0.25, 0.3) is 5.91 Å². The van der Waals surface area contributed by atoms with Gasteiger partial charge in [0.2, 0.25) is 0 Å². The molecule has 0 aliphatic carbocycles. The molecule has 1 unspecified atom stereocenters. The van der Waals surface area contributed by atoms with Crippen LogP contribution < -0.4 is 0 Å². The van der Waals surface area contributed by atoms with E-state index in [0.717, 1.165) is 6.07 Å². The van der Waals surface area contributed by atoms with Gasteiger partial charge in [-0.2, -0.15) is 0 Å². The number of nitrogens with zero attached hydrogens (tertiary/aromatic N) is 1. The van der Waals surface area contributed by atoms with Crippen molar-refractivity contribution >= 4 is 5.91 Å². The van der Waals surface area contributed by atoms with Gasteiger partial charge in [0, 0.05) is 13.1 Å².